The van der Waals surface area contributed by atoms with E-state index in [2.05, 4.69) is 0 Å². The molecule has 6 heteroatoms. The van der Waals surface area contributed by atoms with Crippen LogP contribution in [0.15, 0.2) is 48.5 Å². The molecule has 1 unspecified atom stereocenters. The summed E-state index contributed by atoms with van der Waals surface area (Å²) >= 11 is 0. The van der Waals surface area contributed by atoms with Crippen LogP contribution in [0.2, 0.25) is 0 Å². The van der Waals surface area contributed by atoms with Crippen LogP contribution in [0.1, 0.15) is 56.2 Å². The third-order valence-electron chi connectivity index (χ3n) is 5.97. The molecule has 0 aliphatic rings. The van der Waals surface area contributed by atoms with Gasteiger partial charge in [0.1, 0.15) is 18.6 Å². The Morgan fingerprint density at radius 1 is 0.743 bits per heavy atom. The number of rotatable bonds is 12. The Morgan fingerprint density at radius 2 is 1.51 bits per heavy atom. The predicted molar refractivity (Wildman–Crippen MR) is 129 cm³/mol. The average molecular weight is 491 g/mol. The second kappa shape index (κ2) is 12.7. The van der Waals surface area contributed by atoms with Crippen molar-refractivity contribution in [3.8, 4) is 16.9 Å². The first-order chi connectivity index (χ1) is 16.8. The van der Waals surface area contributed by atoms with Gasteiger partial charge in [0.05, 0.1) is 0 Å². The van der Waals surface area contributed by atoms with E-state index in [0.29, 0.717) is 12.0 Å². The van der Waals surface area contributed by atoms with E-state index in [1.807, 2.05) is 13.8 Å². The maximum Gasteiger partial charge on any atom is 0.166 e. The van der Waals surface area contributed by atoms with Gasteiger partial charge in [-0.15, -0.1) is 0 Å². The van der Waals surface area contributed by atoms with Crippen LogP contribution in [0.5, 0.6) is 5.75 Å². The molecule has 0 heterocycles. The molecule has 0 radical (unpaired) electrons. The second-order valence-corrected chi connectivity index (χ2v) is 8.79. The normalized spacial score (nSPS) is 12.1. The highest BCUT2D eigenvalue weighted by molar-refractivity contribution is 5.65. The number of hydrogen-bond acceptors (Lipinski definition) is 1. The van der Waals surface area contributed by atoms with Gasteiger partial charge in [-0.1, -0.05) is 63.4 Å². The number of halogens is 5. The number of benzene rings is 3. The summed E-state index contributed by atoms with van der Waals surface area (Å²) in [6.45, 7) is 3.55. The summed E-state index contributed by atoms with van der Waals surface area (Å²) in [5.74, 6) is -3.46. The molecule has 0 spiro atoms. The Kier molecular flexibility index (Phi) is 9.70. The van der Waals surface area contributed by atoms with Gasteiger partial charge in [0.2, 0.25) is 0 Å². The van der Waals surface area contributed by atoms with Gasteiger partial charge in [0.25, 0.3) is 0 Å². The quantitative estimate of drug-likeness (QED) is 0.183. The standard InChI is InChI=1S/C29H31F5O/c1-3-5-6-8-20-11-13-24(29(34)28(20)33)21-12-14-27(26(32)17-21)35-18-23(30)16-22-10-9-19(7-4-2)15-25(22)31/h9-15,17,23H,3-8,16,18H2,1-2H3. The summed E-state index contributed by atoms with van der Waals surface area (Å²) in [4.78, 5) is 0. The van der Waals surface area contributed by atoms with Crippen LogP contribution in [0, 0.1) is 23.3 Å². The molecule has 0 aliphatic heterocycles. The van der Waals surface area contributed by atoms with Crippen LogP contribution in [0.4, 0.5) is 22.0 Å². The van der Waals surface area contributed by atoms with Crippen LogP contribution < -0.4 is 4.74 Å². The number of ether oxygens (including phenoxy) is 1. The Morgan fingerprint density at radius 3 is 2.20 bits per heavy atom. The van der Waals surface area contributed by atoms with Gasteiger partial charge in [0, 0.05) is 12.0 Å². The van der Waals surface area contributed by atoms with E-state index in [1.165, 1.54) is 30.3 Å². The van der Waals surface area contributed by atoms with E-state index >= 15 is 0 Å². The lowest BCUT2D eigenvalue weighted by molar-refractivity contribution is 0.189. The fraction of sp³-hybridized carbons (Fsp3) is 0.379. The molecule has 0 saturated carbocycles. The predicted octanol–water partition coefficient (Wildman–Crippen LogP) is 8.55. The van der Waals surface area contributed by atoms with Crippen LogP contribution in [0.3, 0.4) is 0 Å². The fourth-order valence-electron chi connectivity index (χ4n) is 4.03. The minimum Gasteiger partial charge on any atom is -0.487 e. The first-order valence-electron chi connectivity index (χ1n) is 12.1. The molecule has 3 aromatic carbocycles. The van der Waals surface area contributed by atoms with Crippen molar-refractivity contribution in [3.05, 3.63) is 88.5 Å². The summed E-state index contributed by atoms with van der Waals surface area (Å²) in [5, 5.41) is 0. The lowest BCUT2D eigenvalue weighted by Gasteiger charge is -2.13. The summed E-state index contributed by atoms with van der Waals surface area (Å²) in [6.07, 6.45) is 2.98. The van der Waals surface area contributed by atoms with Gasteiger partial charge in [-0.2, -0.15) is 0 Å². The molecule has 1 atom stereocenters. The van der Waals surface area contributed by atoms with Gasteiger partial charge >= 0.3 is 0 Å². The van der Waals surface area contributed by atoms with Crippen LogP contribution in [-0.4, -0.2) is 12.8 Å². The highest BCUT2D eigenvalue weighted by Gasteiger charge is 2.18. The third kappa shape index (κ3) is 7.06. The summed E-state index contributed by atoms with van der Waals surface area (Å²) in [6, 6.07) is 11.4. The zero-order valence-electron chi connectivity index (χ0n) is 20.2. The molecular weight excluding hydrogens is 459 g/mol. The van der Waals surface area contributed by atoms with Crippen molar-refractivity contribution in [3.63, 3.8) is 0 Å². The molecule has 0 aliphatic carbocycles. The number of alkyl halides is 1. The number of hydrogen-bond donors (Lipinski definition) is 0. The van der Waals surface area contributed by atoms with Crippen molar-refractivity contribution in [1.82, 2.24) is 0 Å². The molecular formula is C29H31F5O. The number of aryl methyl sites for hydroxylation is 2. The van der Waals surface area contributed by atoms with Gasteiger partial charge in [-0.25, -0.2) is 22.0 Å². The lowest BCUT2D eigenvalue weighted by atomic mass is 9.99. The summed E-state index contributed by atoms with van der Waals surface area (Å²) < 4.78 is 77.6. The second-order valence-electron chi connectivity index (χ2n) is 8.79. The van der Waals surface area contributed by atoms with E-state index in [4.69, 9.17) is 4.74 Å². The molecule has 0 amide bonds. The maximum absolute atomic E-state index is 14.6. The first-order valence-corrected chi connectivity index (χ1v) is 12.1. The molecule has 3 rings (SSSR count). The lowest BCUT2D eigenvalue weighted by Crippen LogP contribution is -2.17. The molecule has 1 nitrogen and oxygen atoms in total. The van der Waals surface area contributed by atoms with Crippen molar-refractivity contribution >= 4 is 0 Å². The summed E-state index contributed by atoms with van der Waals surface area (Å²) in [7, 11) is 0. The largest absolute Gasteiger partial charge is 0.487 e. The molecule has 0 N–H and O–H groups in total. The molecule has 0 bridgehead atoms. The summed E-state index contributed by atoms with van der Waals surface area (Å²) in [5.41, 5.74) is 1.47. The molecule has 35 heavy (non-hydrogen) atoms. The maximum atomic E-state index is 14.6. The van der Waals surface area contributed by atoms with E-state index in [-0.39, 0.29) is 28.9 Å². The Bertz CT molecular complexity index is 1130. The molecule has 0 saturated heterocycles. The first kappa shape index (κ1) is 26.7. The Balaban J connectivity index is 1.64. The minimum atomic E-state index is -1.55. The fourth-order valence-corrected chi connectivity index (χ4v) is 4.03. The van der Waals surface area contributed by atoms with Gasteiger partial charge in [-0.3, -0.25) is 0 Å². The SMILES string of the molecule is CCCCCc1ccc(-c2ccc(OCC(F)Cc3ccc(CCC)cc3F)c(F)c2)c(F)c1F. The van der Waals surface area contributed by atoms with Gasteiger partial charge < -0.3 is 4.74 Å². The van der Waals surface area contributed by atoms with Crippen molar-refractivity contribution in [2.75, 3.05) is 6.61 Å². The average Bonchev–Trinajstić information content (AvgIpc) is 2.83. The van der Waals surface area contributed by atoms with Crippen LogP contribution in [-0.2, 0) is 19.3 Å². The van der Waals surface area contributed by atoms with E-state index in [1.54, 1.807) is 12.1 Å². The molecule has 0 aromatic heterocycles. The van der Waals surface area contributed by atoms with Crippen molar-refractivity contribution in [2.24, 2.45) is 0 Å². The zero-order chi connectivity index (χ0) is 25.4. The third-order valence-corrected chi connectivity index (χ3v) is 5.97. The van der Waals surface area contributed by atoms with Crippen molar-refractivity contribution in [2.45, 2.75) is 65.0 Å². The Labute approximate surface area is 204 Å². The minimum absolute atomic E-state index is 0.0578. The van der Waals surface area contributed by atoms with Crippen LogP contribution >= 0.6 is 0 Å². The van der Waals surface area contributed by atoms with E-state index < -0.39 is 36.0 Å². The highest BCUT2D eigenvalue weighted by atomic mass is 19.2. The number of unbranched alkanes of at least 4 members (excludes halogenated alkanes) is 2. The highest BCUT2D eigenvalue weighted by Crippen LogP contribution is 2.30. The topological polar surface area (TPSA) is 9.23 Å². The van der Waals surface area contributed by atoms with Gasteiger partial charge in [-0.05, 0) is 59.7 Å². The zero-order valence-corrected chi connectivity index (χ0v) is 20.2. The van der Waals surface area contributed by atoms with Crippen LogP contribution in [0.25, 0.3) is 11.1 Å². The smallest absolute Gasteiger partial charge is 0.166 e. The van der Waals surface area contributed by atoms with E-state index in [0.717, 1.165) is 43.7 Å². The van der Waals surface area contributed by atoms with E-state index in [9.17, 15) is 22.0 Å². The molecule has 0 fully saturated rings. The van der Waals surface area contributed by atoms with Crippen molar-refractivity contribution in [1.29, 1.82) is 0 Å². The molecule has 3 aromatic rings. The van der Waals surface area contributed by atoms with Crippen molar-refractivity contribution < 1.29 is 26.7 Å². The monoisotopic (exact) mass is 490 g/mol. The van der Waals surface area contributed by atoms with Gasteiger partial charge in [0.15, 0.2) is 23.2 Å². The molecule has 188 valence electrons. The Hall–Kier alpha value is -2.89.